The van der Waals surface area contributed by atoms with Crippen molar-refractivity contribution in [1.29, 1.82) is 5.26 Å². The Kier molecular flexibility index (Phi) is 8.97. The summed E-state index contributed by atoms with van der Waals surface area (Å²) in [5.41, 5.74) is -1.08. The zero-order valence-electron chi connectivity index (χ0n) is 22.7. The second-order valence-electron chi connectivity index (χ2n) is 9.39. The number of benzene rings is 3. The summed E-state index contributed by atoms with van der Waals surface area (Å²) in [6.07, 6.45) is -3.58. The van der Waals surface area contributed by atoms with Crippen LogP contribution in [0.15, 0.2) is 87.8 Å². The topological polar surface area (TPSA) is 93.7 Å². The molecule has 3 aromatic carbocycles. The van der Waals surface area contributed by atoms with Crippen molar-refractivity contribution >= 4 is 46.6 Å². The number of halogens is 5. The van der Waals surface area contributed by atoms with Crippen LogP contribution in [0.1, 0.15) is 35.2 Å². The minimum atomic E-state index is -5.03. The normalized spacial score (nSPS) is 14.9. The molecule has 0 aliphatic carbocycles. The monoisotopic (exact) mass is 657 g/mol. The Labute approximate surface area is 262 Å². The minimum Gasteiger partial charge on any atom is -0.488 e. The van der Waals surface area contributed by atoms with Crippen molar-refractivity contribution in [3.63, 3.8) is 0 Å². The Morgan fingerprint density at radius 3 is 2.41 bits per heavy atom. The first kappa shape index (κ1) is 31.1. The van der Waals surface area contributed by atoms with Gasteiger partial charge in [-0.05, 0) is 66.6 Å². The Hall–Kier alpha value is -4.37. The number of hydrogen-bond acceptors (Lipinski definition) is 7. The molecule has 4 aromatic rings. The first-order chi connectivity index (χ1) is 21.0. The molecule has 0 fully saturated rings. The van der Waals surface area contributed by atoms with E-state index in [1.807, 2.05) is 6.07 Å². The van der Waals surface area contributed by atoms with Crippen molar-refractivity contribution in [2.75, 3.05) is 6.61 Å². The number of alkyl halides is 3. The number of allylic oxidation sites excluding steroid dienone is 1. The molecule has 0 bridgehead atoms. The molecule has 1 aliphatic rings. The van der Waals surface area contributed by atoms with E-state index in [1.54, 1.807) is 42.5 Å². The van der Waals surface area contributed by atoms with Crippen molar-refractivity contribution in [3.8, 4) is 11.8 Å². The van der Waals surface area contributed by atoms with Gasteiger partial charge in [-0.1, -0.05) is 58.8 Å². The smallest absolute Gasteiger partial charge is 0.434 e. The summed E-state index contributed by atoms with van der Waals surface area (Å²) in [4.78, 5) is 30.4. The Morgan fingerprint density at radius 2 is 1.77 bits per heavy atom. The summed E-state index contributed by atoms with van der Waals surface area (Å²) in [6, 6.07) is 17.9. The number of hydrogen-bond donors (Lipinski definition) is 0. The Morgan fingerprint density at radius 1 is 1.09 bits per heavy atom. The summed E-state index contributed by atoms with van der Waals surface area (Å²) < 4.78 is 55.1. The molecule has 1 aliphatic heterocycles. The van der Waals surface area contributed by atoms with Gasteiger partial charge in [-0.3, -0.25) is 9.36 Å². The van der Waals surface area contributed by atoms with Crippen LogP contribution in [0.25, 0.3) is 6.08 Å². The maximum atomic E-state index is 14.3. The van der Waals surface area contributed by atoms with E-state index < -0.39 is 35.0 Å². The van der Waals surface area contributed by atoms with E-state index >= 15 is 0 Å². The molecule has 1 aromatic heterocycles. The van der Waals surface area contributed by atoms with Crippen LogP contribution in [0.3, 0.4) is 0 Å². The second kappa shape index (κ2) is 12.7. The van der Waals surface area contributed by atoms with Gasteiger partial charge in [0.25, 0.3) is 5.56 Å². The lowest BCUT2D eigenvalue weighted by Gasteiger charge is -2.26. The fourth-order valence-electron chi connectivity index (χ4n) is 4.54. The van der Waals surface area contributed by atoms with Crippen LogP contribution in [0.2, 0.25) is 10.0 Å². The quantitative estimate of drug-likeness (QED) is 0.224. The third-order valence-electron chi connectivity index (χ3n) is 6.52. The number of carbonyl (C=O) groups excluding carboxylic acids is 1. The van der Waals surface area contributed by atoms with Crippen LogP contribution < -0.4 is 19.6 Å². The number of esters is 1. The maximum Gasteiger partial charge on any atom is 0.434 e. The molecular weight excluding hydrogens is 638 g/mol. The van der Waals surface area contributed by atoms with E-state index in [1.165, 1.54) is 37.3 Å². The molecule has 0 saturated heterocycles. The predicted octanol–water partition coefficient (Wildman–Crippen LogP) is 6.10. The Balaban J connectivity index is 1.66. The molecule has 0 amide bonds. The molecule has 5 rings (SSSR count). The zero-order chi connectivity index (χ0) is 31.6. The van der Waals surface area contributed by atoms with Gasteiger partial charge in [0.1, 0.15) is 12.4 Å². The molecule has 0 saturated carbocycles. The molecule has 0 radical (unpaired) electrons. The zero-order valence-corrected chi connectivity index (χ0v) is 25.0. The van der Waals surface area contributed by atoms with Crippen molar-refractivity contribution in [1.82, 2.24) is 4.57 Å². The van der Waals surface area contributed by atoms with Gasteiger partial charge in [0.15, 0.2) is 10.5 Å². The number of fused-ring (bicyclic) bond motifs is 1. The average molecular weight is 658 g/mol. The van der Waals surface area contributed by atoms with Crippen molar-refractivity contribution in [2.24, 2.45) is 4.99 Å². The summed E-state index contributed by atoms with van der Waals surface area (Å²) in [6.45, 7) is 1.40. The van der Waals surface area contributed by atoms with Gasteiger partial charge in [0.05, 0.1) is 34.4 Å². The van der Waals surface area contributed by atoms with Gasteiger partial charge in [-0.15, -0.1) is 0 Å². The third kappa shape index (κ3) is 6.43. The molecule has 224 valence electrons. The molecule has 1 atom stereocenters. The lowest BCUT2D eigenvalue weighted by atomic mass is 9.95. The van der Waals surface area contributed by atoms with Crippen LogP contribution >= 0.6 is 34.5 Å². The molecule has 0 N–H and O–H groups in total. The first-order valence-corrected chi connectivity index (χ1v) is 14.5. The van der Waals surface area contributed by atoms with E-state index in [4.69, 9.17) is 37.9 Å². The van der Waals surface area contributed by atoms with Gasteiger partial charge >= 0.3 is 12.1 Å². The molecule has 0 spiro atoms. The highest BCUT2D eigenvalue weighted by atomic mass is 35.5. The first-order valence-electron chi connectivity index (χ1n) is 13.0. The van der Waals surface area contributed by atoms with Crippen molar-refractivity contribution in [3.05, 3.63) is 130 Å². The van der Waals surface area contributed by atoms with Gasteiger partial charge < -0.3 is 9.47 Å². The van der Waals surface area contributed by atoms with E-state index in [0.29, 0.717) is 26.9 Å². The van der Waals surface area contributed by atoms with Gasteiger partial charge in [0.2, 0.25) is 0 Å². The summed E-state index contributed by atoms with van der Waals surface area (Å²) in [7, 11) is 0. The number of rotatable bonds is 7. The largest absolute Gasteiger partial charge is 0.488 e. The minimum absolute atomic E-state index is 0.0276. The number of thiazole rings is 1. The Bertz CT molecular complexity index is 2000. The molecule has 2 heterocycles. The lowest BCUT2D eigenvalue weighted by Crippen LogP contribution is -2.41. The second-order valence-corrected chi connectivity index (χ2v) is 11.3. The number of nitrogens with zero attached hydrogens (tertiary/aromatic N) is 3. The maximum absolute atomic E-state index is 14.3. The fourth-order valence-corrected chi connectivity index (χ4v) is 5.84. The molecule has 7 nitrogen and oxygen atoms in total. The number of carbonyl (C=O) groups is 1. The van der Waals surface area contributed by atoms with Crippen LogP contribution in [-0.4, -0.2) is 23.3 Å². The fraction of sp³-hybridized carbons (Fsp3) is 0.161. The number of nitriles is 1. The molecular formula is C31H20Cl2F3N3O4S. The highest BCUT2D eigenvalue weighted by Crippen LogP contribution is 2.38. The van der Waals surface area contributed by atoms with E-state index in [-0.39, 0.29) is 28.1 Å². The SMILES string of the molecule is CCOC(=O)C1=C(C(F)(F)F)N=c2s/c(=C\c3cc(Cl)ccc3OCc3ccc(C#N)cc3)c(=O)n2[C@@H]1c1ccc(Cl)cc1. The summed E-state index contributed by atoms with van der Waals surface area (Å²) in [5, 5.41) is 9.66. The molecule has 44 heavy (non-hydrogen) atoms. The standard InChI is InChI=1S/C31H20Cl2F3N3O4S/c1-2-42-29(41)25-26(19-7-9-21(32)10-8-19)39-28(40)24(44-30(39)38-27(25)31(34,35)36)14-20-13-22(33)11-12-23(20)43-16-18-5-3-17(15-37)4-6-18/h3-14,26H,2,16H2,1H3/b24-14-/t26-/m1/s1. The van der Waals surface area contributed by atoms with Crippen LogP contribution in [0, 0.1) is 11.3 Å². The van der Waals surface area contributed by atoms with Crippen molar-refractivity contribution < 1.29 is 27.4 Å². The number of aromatic nitrogens is 1. The van der Waals surface area contributed by atoms with E-state index in [9.17, 15) is 22.8 Å². The van der Waals surface area contributed by atoms with E-state index in [2.05, 4.69) is 4.99 Å². The molecule has 0 unspecified atom stereocenters. The van der Waals surface area contributed by atoms with Crippen LogP contribution in [0.4, 0.5) is 13.2 Å². The van der Waals surface area contributed by atoms with Gasteiger partial charge in [-0.25, -0.2) is 9.79 Å². The highest BCUT2D eigenvalue weighted by molar-refractivity contribution is 7.07. The summed E-state index contributed by atoms with van der Waals surface area (Å²) in [5.74, 6) is -0.895. The van der Waals surface area contributed by atoms with Crippen molar-refractivity contribution in [2.45, 2.75) is 25.7 Å². The third-order valence-corrected chi connectivity index (χ3v) is 7.99. The van der Waals surface area contributed by atoms with Crippen LogP contribution in [-0.2, 0) is 16.1 Å². The number of ether oxygens (including phenoxy) is 2. The van der Waals surface area contributed by atoms with Gasteiger partial charge in [-0.2, -0.15) is 18.4 Å². The highest BCUT2D eigenvalue weighted by Gasteiger charge is 2.45. The summed E-state index contributed by atoms with van der Waals surface area (Å²) >= 11 is 13.0. The van der Waals surface area contributed by atoms with Crippen LogP contribution in [0.5, 0.6) is 5.75 Å². The van der Waals surface area contributed by atoms with E-state index in [0.717, 1.165) is 21.5 Å². The predicted molar refractivity (Wildman–Crippen MR) is 159 cm³/mol. The average Bonchev–Trinajstić information content (AvgIpc) is 3.30. The molecule has 13 heteroatoms. The lowest BCUT2D eigenvalue weighted by molar-refractivity contribution is -0.140. The van der Waals surface area contributed by atoms with Gasteiger partial charge in [0, 0.05) is 15.6 Å².